The van der Waals surface area contributed by atoms with E-state index in [2.05, 4.69) is 11.8 Å². The van der Waals surface area contributed by atoms with Gasteiger partial charge in [-0.15, -0.1) is 0 Å². The van der Waals surface area contributed by atoms with Crippen LogP contribution in [0.25, 0.3) is 0 Å². The molecule has 2 rings (SSSR count). The molecule has 1 aliphatic heterocycles. The highest BCUT2D eigenvalue weighted by atomic mass is 35.5. The summed E-state index contributed by atoms with van der Waals surface area (Å²) in [6.07, 6.45) is 4.95. The summed E-state index contributed by atoms with van der Waals surface area (Å²) in [4.78, 5) is 14.9. The number of hydrogen-bond acceptors (Lipinski definition) is 2. The van der Waals surface area contributed by atoms with E-state index in [9.17, 15) is 4.79 Å². The van der Waals surface area contributed by atoms with E-state index in [-0.39, 0.29) is 11.8 Å². The Morgan fingerprint density at radius 2 is 1.95 bits per heavy atom. The Balaban J connectivity index is 2.11. The summed E-state index contributed by atoms with van der Waals surface area (Å²) >= 11 is 5.87. The topological polar surface area (TPSA) is 20.3 Å². The zero-order valence-corrected chi connectivity index (χ0v) is 12.5. The summed E-state index contributed by atoms with van der Waals surface area (Å²) in [5, 5.41) is 0.673. The Kier molecular flexibility index (Phi) is 5.00. The van der Waals surface area contributed by atoms with Crippen molar-refractivity contribution < 1.29 is 4.79 Å². The third-order valence-electron chi connectivity index (χ3n) is 4.11. The van der Waals surface area contributed by atoms with Gasteiger partial charge in [-0.2, -0.15) is 0 Å². The van der Waals surface area contributed by atoms with Crippen molar-refractivity contribution in [2.24, 2.45) is 0 Å². The molecule has 0 spiro atoms. The van der Waals surface area contributed by atoms with Crippen LogP contribution in [0, 0.1) is 0 Å². The van der Waals surface area contributed by atoms with Gasteiger partial charge in [-0.05, 0) is 57.5 Å². The van der Waals surface area contributed by atoms with E-state index in [1.165, 1.54) is 25.7 Å². The predicted octanol–water partition coefficient (Wildman–Crippen LogP) is 4.18. The maximum Gasteiger partial charge on any atom is 0.179 e. The fourth-order valence-corrected chi connectivity index (χ4v) is 3.00. The van der Waals surface area contributed by atoms with Gasteiger partial charge in [-0.25, -0.2) is 0 Å². The Bertz CT molecular complexity index is 429. The average Bonchev–Trinajstić information content (AvgIpc) is 2.63. The molecule has 1 aliphatic rings. The summed E-state index contributed by atoms with van der Waals surface area (Å²) in [5.74, 6) is 0.199. The molecule has 104 valence electrons. The fraction of sp³-hybridized carbons (Fsp3) is 0.562. The number of rotatable bonds is 3. The first-order valence-corrected chi connectivity index (χ1v) is 7.53. The zero-order chi connectivity index (χ0) is 13.8. The van der Waals surface area contributed by atoms with Crippen molar-refractivity contribution in [3.05, 3.63) is 34.9 Å². The van der Waals surface area contributed by atoms with E-state index in [1.54, 1.807) is 12.1 Å². The number of Topliss-reactive ketones (excluding diaryl/α,β-unsaturated/α-hetero) is 1. The van der Waals surface area contributed by atoms with Gasteiger partial charge >= 0.3 is 0 Å². The fourth-order valence-electron chi connectivity index (χ4n) is 2.88. The second kappa shape index (κ2) is 6.53. The molecule has 1 aromatic rings. The van der Waals surface area contributed by atoms with E-state index in [4.69, 9.17) is 11.6 Å². The molecule has 1 aromatic carbocycles. The normalized spacial score (nSPS) is 22.8. The molecule has 0 aromatic heterocycles. The van der Waals surface area contributed by atoms with Gasteiger partial charge < -0.3 is 0 Å². The van der Waals surface area contributed by atoms with E-state index < -0.39 is 0 Å². The third-order valence-corrected chi connectivity index (χ3v) is 4.36. The maximum absolute atomic E-state index is 12.5. The van der Waals surface area contributed by atoms with Crippen LogP contribution in [0.15, 0.2) is 24.3 Å². The van der Waals surface area contributed by atoms with Crippen LogP contribution in [0.5, 0.6) is 0 Å². The van der Waals surface area contributed by atoms with Crippen LogP contribution < -0.4 is 0 Å². The van der Waals surface area contributed by atoms with Gasteiger partial charge in [0.25, 0.3) is 0 Å². The molecule has 0 bridgehead atoms. The number of ketones is 1. The van der Waals surface area contributed by atoms with Gasteiger partial charge in [0.05, 0.1) is 6.04 Å². The molecule has 3 heteroatoms. The van der Waals surface area contributed by atoms with Crippen LogP contribution in [-0.4, -0.2) is 29.3 Å². The average molecular weight is 280 g/mol. The minimum Gasteiger partial charge on any atom is -0.292 e. The van der Waals surface area contributed by atoms with Crippen molar-refractivity contribution in [3.63, 3.8) is 0 Å². The monoisotopic (exact) mass is 279 g/mol. The van der Waals surface area contributed by atoms with Crippen molar-refractivity contribution in [2.75, 3.05) is 6.54 Å². The van der Waals surface area contributed by atoms with Crippen LogP contribution in [0.4, 0.5) is 0 Å². The molecule has 0 aliphatic carbocycles. The number of hydrogen-bond donors (Lipinski definition) is 0. The molecule has 1 saturated heterocycles. The quantitative estimate of drug-likeness (QED) is 0.774. The number of likely N-dealkylation sites (tertiary alicyclic amines) is 1. The van der Waals surface area contributed by atoms with E-state index in [0.29, 0.717) is 11.1 Å². The third kappa shape index (κ3) is 3.58. The highest BCUT2D eigenvalue weighted by Crippen LogP contribution is 2.21. The summed E-state index contributed by atoms with van der Waals surface area (Å²) in [7, 11) is 0. The molecular formula is C16H22ClNO. The number of benzene rings is 1. The standard InChI is InChI=1S/C16H22ClNO/c1-12-6-4-3-5-11-18(12)13(2)16(19)14-7-9-15(17)10-8-14/h7-10,12-13H,3-6,11H2,1-2H3. The molecule has 0 N–H and O–H groups in total. The van der Waals surface area contributed by atoms with Crippen LogP contribution in [0.1, 0.15) is 49.9 Å². The lowest BCUT2D eigenvalue weighted by Gasteiger charge is -2.32. The highest BCUT2D eigenvalue weighted by Gasteiger charge is 2.27. The van der Waals surface area contributed by atoms with Crippen molar-refractivity contribution in [1.82, 2.24) is 4.90 Å². The van der Waals surface area contributed by atoms with Gasteiger partial charge in [0.1, 0.15) is 0 Å². The highest BCUT2D eigenvalue weighted by molar-refractivity contribution is 6.30. The van der Waals surface area contributed by atoms with Gasteiger partial charge in [-0.1, -0.05) is 24.4 Å². The summed E-state index contributed by atoms with van der Waals surface area (Å²) in [5.41, 5.74) is 0.758. The Labute approximate surface area is 120 Å². The summed E-state index contributed by atoms with van der Waals surface area (Å²) < 4.78 is 0. The minimum atomic E-state index is -0.0470. The Morgan fingerprint density at radius 1 is 1.26 bits per heavy atom. The second-order valence-electron chi connectivity index (χ2n) is 5.48. The molecule has 1 fully saturated rings. The number of halogens is 1. The molecule has 0 saturated carbocycles. The lowest BCUT2D eigenvalue weighted by Crippen LogP contribution is -2.44. The lowest BCUT2D eigenvalue weighted by atomic mass is 10.0. The van der Waals surface area contributed by atoms with Gasteiger partial charge in [-0.3, -0.25) is 9.69 Å². The van der Waals surface area contributed by atoms with Gasteiger partial charge in [0.15, 0.2) is 5.78 Å². The molecule has 0 amide bonds. The number of carbonyl (C=O) groups is 1. The first-order valence-electron chi connectivity index (χ1n) is 7.15. The number of carbonyl (C=O) groups excluding carboxylic acids is 1. The van der Waals surface area contributed by atoms with E-state index in [1.807, 2.05) is 19.1 Å². The first-order chi connectivity index (χ1) is 9.09. The lowest BCUT2D eigenvalue weighted by molar-refractivity contribution is 0.0780. The number of nitrogens with zero attached hydrogens (tertiary/aromatic N) is 1. The summed E-state index contributed by atoms with van der Waals surface area (Å²) in [6, 6.07) is 7.66. The maximum atomic E-state index is 12.5. The molecule has 19 heavy (non-hydrogen) atoms. The molecule has 2 atom stereocenters. The molecule has 1 heterocycles. The molecule has 2 unspecified atom stereocenters. The Morgan fingerprint density at radius 3 is 2.63 bits per heavy atom. The van der Waals surface area contributed by atoms with Gasteiger partial charge in [0, 0.05) is 16.6 Å². The molecule has 0 radical (unpaired) electrons. The molecular weight excluding hydrogens is 258 g/mol. The second-order valence-corrected chi connectivity index (χ2v) is 5.92. The Hall–Kier alpha value is -0.860. The minimum absolute atomic E-state index is 0.0470. The molecule has 2 nitrogen and oxygen atoms in total. The zero-order valence-electron chi connectivity index (χ0n) is 11.7. The van der Waals surface area contributed by atoms with Gasteiger partial charge in [0.2, 0.25) is 0 Å². The van der Waals surface area contributed by atoms with E-state index in [0.717, 1.165) is 12.1 Å². The first kappa shape index (κ1) is 14.5. The van der Waals surface area contributed by atoms with Crippen LogP contribution in [0.3, 0.4) is 0 Å². The SMILES string of the molecule is CC1CCCCCN1C(C)C(=O)c1ccc(Cl)cc1. The summed E-state index contributed by atoms with van der Waals surface area (Å²) in [6.45, 7) is 5.29. The smallest absolute Gasteiger partial charge is 0.179 e. The largest absolute Gasteiger partial charge is 0.292 e. The van der Waals surface area contributed by atoms with Crippen molar-refractivity contribution in [1.29, 1.82) is 0 Å². The van der Waals surface area contributed by atoms with Crippen molar-refractivity contribution in [2.45, 2.75) is 51.6 Å². The van der Waals surface area contributed by atoms with Crippen LogP contribution in [0.2, 0.25) is 5.02 Å². The van der Waals surface area contributed by atoms with E-state index >= 15 is 0 Å². The van der Waals surface area contributed by atoms with Crippen LogP contribution in [-0.2, 0) is 0 Å². The van der Waals surface area contributed by atoms with Crippen LogP contribution >= 0.6 is 11.6 Å². The predicted molar refractivity (Wildman–Crippen MR) is 79.9 cm³/mol. The van der Waals surface area contributed by atoms with Crippen molar-refractivity contribution in [3.8, 4) is 0 Å². The van der Waals surface area contributed by atoms with Crippen molar-refractivity contribution >= 4 is 17.4 Å².